The van der Waals surface area contributed by atoms with E-state index in [9.17, 15) is 5.11 Å². The van der Waals surface area contributed by atoms with Crippen LogP contribution in [0.4, 0.5) is 0 Å². The van der Waals surface area contributed by atoms with Crippen molar-refractivity contribution in [3.63, 3.8) is 0 Å². The first kappa shape index (κ1) is 9.18. The molecule has 1 N–H and O–H groups in total. The van der Waals surface area contributed by atoms with Gasteiger partial charge in [-0.15, -0.1) is 0 Å². The van der Waals surface area contributed by atoms with E-state index >= 15 is 0 Å². The van der Waals surface area contributed by atoms with Crippen molar-refractivity contribution in [3.05, 3.63) is 23.8 Å². The highest BCUT2D eigenvalue weighted by atomic mass is 16.3. The SMILES string of the molecule is [B]c1cc(C(C)(C)C)ccc1O. The third-order valence-corrected chi connectivity index (χ3v) is 1.89. The molecular weight excluding hydrogens is 147 g/mol. The monoisotopic (exact) mass is 160 g/mol. The van der Waals surface area contributed by atoms with Crippen LogP contribution in [0.25, 0.3) is 0 Å². The highest BCUT2D eigenvalue weighted by Crippen LogP contribution is 2.22. The predicted molar refractivity (Wildman–Crippen MR) is 52.2 cm³/mol. The molecule has 0 saturated carbocycles. The van der Waals surface area contributed by atoms with Crippen LogP contribution in [0.1, 0.15) is 26.3 Å². The Morgan fingerprint density at radius 1 is 1.25 bits per heavy atom. The summed E-state index contributed by atoms with van der Waals surface area (Å²) in [6.07, 6.45) is 0. The highest BCUT2D eigenvalue weighted by Gasteiger charge is 2.13. The van der Waals surface area contributed by atoms with E-state index in [-0.39, 0.29) is 11.2 Å². The largest absolute Gasteiger partial charge is 0.509 e. The number of benzene rings is 1. The average Bonchev–Trinajstić information content (AvgIpc) is 1.92. The molecule has 0 aliphatic carbocycles. The first-order valence-electron chi connectivity index (χ1n) is 4.00. The molecule has 0 fully saturated rings. The molecule has 1 rings (SSSR count). The lowest BCUT2D eigenvalue weighted by molar-refractivity contribution is 0.478. The third-order valence-electron chi connectivity index (χ3n) is 1.89. The van der Waals surface area contributed by atoms with Gasteiger partial charge in [0.2, 0.25) is 0 Å². The van der Waals surface area contributed by atoms with Gasteiger partial charge in [0.1, 0.15) is 13.6 Å². The molecule has 0 aromatic heterocycles. The fraction of sp³-hybridized carbons (Fsp3) is 0.400. The quantitative estimate of drug-likeness (QED) is 0.570. The molecule has 1 aromatic carbocycles. The highest BCUT2D eigenvalue weighted by molar-refractivity contribution is 6.34. The molecule has 2 heteroatoms. The van der Waals surface area contributed by atoms with Gasteiger partial charge < -0.3 is 5.11 Å². The molecule has 1 nitrogen and oxygen atoms in total. The van der Waals surface area contributed by atoms with Crippen LogP contribution in [0.3, 0.4) is 0 Å². The molecule has 0 amide bonds. The number of hydrogen-bond acceptors (Lipinski definition) is 1. The maximum atomic E-state index is 9.18. The first-order valence-corrected chi connectivity index (χ1v) is 4.00. The van der Waals surface area contributed by atoms with Gasteiger partial charge in [-0.25, -0.2) is 0 Å². The summed E-state index contributed by atoms with van der Waals surface area (Å²) in [5, 5.41) is 9.18. The van der Waals surface area contributed by atoms with Crippen LogP contribution in [0.5, 0.6) is 5.75 Å². The molecule has 0 bridgehead atoms. The minimum atomic E-state index is 0.0851. The zero-order valence-electron chi connectivity index (χ0n) is 7.76. The van der Waals surface area contributed by atoms with Gasteiger partial charge in [0.05, 0.1) is 0 Å². The molecule has 1 aromatic rings. The van der Waals surface area contributed by atoms with Gasteiger partial charge in [-0.05, 0) is 17.0 Å². The number of rotatable bonds is 0. The lowest BCUT2D eigenvalue weighted by Crippen LogP contribution is -2.15. The number of phenols is 1. The summed E-state index contributed by atoms with van der Waals surface area (Å²) in [6.45, 7) is 6.33. The summed E-state index contributed by atoms with van der Waals surface area (Å²) in [7, 11) is 5.57. The first-order chi connectivity index (χ1) is 5.41. The fourth-order valence-electron chi connectivity index (χ4n) is 1.02. The fourth-order valence-corrected chi connectivity index (χ4v) is 1.02. The summed E-state index contributed by atoms with van der Waals surface area (Å²) >= 11 is 0. The van der Waals surface area contributed by atoms with E-state index in [1.54, 1.807) is 6.07 Å². The Labute approximate surface area is 74.8 Å². The van der Waals surface area contributed by atoms with Crippen molar-refractivity contribution in [2.45, 2.75) is 26.2 Å². The number of phenolic OH excluding ortho intramolecular Hbond substituents is 1. The van der Waals surface area contributed by atoms with Crippen molar-refractivity contribution < 1.29 is 5.11 Å². The summed E-state index contributed by atoms with van der Waals surface area (Å²) < 4.78 is 0. The lowest BCUT2D eigenvalue weighted by atomic mass is 9.83. The summed E-state index contributed by atoms with van der Waals surface area (Å²) in [6, 6.07) is 5.34. The van der Waals surface area contributed by atoms with Crippen LogP contribution in [-0.4, -0.2) is 13.0 Å². The Kier molecular flexibility index (Phi) is 2.18. The molecule has 0 aliphatic rings. The normalized spacial score (nSPS) is 11.6. The van der Waals surface area contributed by atoms with Gasteiger partial charge in [-0.1, -0.05) is 38.4 Å². The molecule has 0 unspecified atom stereocenters. The van der Waals surface area contributed by atoms with E-state index < -0.39 is 0 Å². The number of hydrogen-bond donors (Lipinski definition) is 1. The third kappa shape index (κ3) is 1.82. The topological polar surface area (TPSA) is 20.2 Å². The van der Waals surface area contributed by atoms with E-state index in [4.69, 9.17) is 7.85 Å². The second-order valence-electron chi connectivity index (χ2n) is 4.02. The summed E-state index contributed by atoms with van der Waals surface area (Å²) in [5.74, 6) is 0.156. The van der Waals surface area contributed by atoms with Crippen molar-refractivity contribution in [1.29, 1.82) is 0 Å². The van der Waals surface area contributed by atoms with Gasteiger partial charge in [0, 0.05) is 0 Å². The van der Waals surface area contributed by atoms with Gasteiger partial charge >= 0.3 is 0 Å². The zero-order valence-corrected chi connectivity index (χ0v) is 7.76. The number of aromatic hydroxyl groups is 1. The second-order valence-corrected chi connectivity index (χ2v) is 4.02. The van der Waals surface area contributed by atoms with Crippen LogP contribution in [0.15, 0.2) is 18.2 Å². The Morgan fingerprint density at radius 2 is 1.83 bits per heavy atom. The lowest BCUT2D eigenvalue weighted by Gasteiger charge is -2.19. The smallest absolute Gasteiger partial charge is 0.119 e. The zero-order chi connectivity index (χ0) is 9.35. The van der Waals surface area contributed by atoms with E-state index in [0.29, 0.717) is 5.46 Å². The molecule has 2 radical (unpaired) electrons. The summed E-state index contributed by atoms with van der Waals surface area (Å²) in [5.41, 5.74) is 1.67. The molecule has 0 saturated heterocycles. The standard InChI is InChI=1S/C10H13BO/c1-10(2,3)7-4-5-9(12)8(11)6-7/h4-6,12H,1-3H3. The van der Waals surface area contributed by atoms with E-state index in [1.807, 2.05) is 12.1 Å². The molecule has 0 heterocycles. The minimum Gasteiger partial charge on any atom is -0.509 e. The van der Waals surface area contributed by atoms with Gasteiger partial charge in [-0.2, -0.15) is 0 Å². The van der Waals surface area contributed by atoms with Crippen LogP contribution in [-0.2, 0) is 5.41 Å². The van der Waals surface area contributed by atoms with E-state index in [0.717, 1.165) is 5.56 Å². The Hall–Kier alpha value is -0.915. The Balaban J connectivity index is 3.14. The maximum Gasteiger partial charge on any atom is 0.119 e. The van der Waals surface area contributed by atoms with E-state index in [2.05, 4.69) is 20.8 Å². The van der Waals surface area contributed by atoms with Gasteiger partial charge in [-0.3, -0.25) is 0 Å². The van der Waals surface area contributed by atoms with E-state index in [1.165, 1.54) is 0 Å². The van der Waals surface area contributed by atoms with Crippen LogP contribution < -0.4 is 5.46 Å². The van der Waals surface area contributed by atoms with Crippen molar-refractivity contribution in [3.8, 4) is 5.75 Å². The molecular formula is C10H13BO. The molecule has 0 aliphatic heterocycles. The van der Waals surface area contributed by atoms with Gasteiger partial charge in [0.25, 0.3) is 0 Å². The van der Waals surface area contributed by atoms with Crippen molar-refractivity contribution in [2.75, 3.05) is 0 Å². The van der Waals surface area contributed by atoms with Gasteiger partial charge in [0.15, 0.2) is 0 Å². The molecule has 0 spiro atoms. The Morgan fingerprint density at radius 3 is 2.25 bits per heavy atom. The predicted octanol–water partition coefficient (Wildman–Crippen LogP) is 1.48. The molecule has 62 valence electrons. The molecule has 12 heavy (non-hydrogen) atoms. The second kappa shape index (κ2) is 2.85. The summed E-state index contributed by atoms with van der Waals surface area (Å²) in [4.78, 5) is 0. The van der Waals surface area contributed by atoms with Crippen molar-refractivity contribution >= 4 is 13.3 Å². The minimum absolute atomic E-state index is 0.0851. The van der Waals surface area contributed by atoms with Crippen molar-refractivity contribution in [2.24, 2.45) is 0 Å². The van der Waals surface area contributed by atoms with Crippen LogP contribution in [0.2, 0.25) is 0 Å². The van der Waals surface area contributed by atoms with Crippen molar-refractivity contribution in [1.82, 2.24) is 0 Å². The van der Waals surface area contributed by atoms with Crippen LogP contribution in [0, 0.1) is 0 Å². The molecule has 0 atom stereocenters. The maximum absolute atomic E-state index is 9.18. The average molecular weight is 160 g/mol. The Bertz CT molecular complexity index is 286. The van der Waals surface area contributed by atoms with Crippen LogP contribution >= 0.6 is 0 Å².